The van der Waals surface area contributed by atoms with Crippen LogP contribution in [0.15, 0.2) is 29.6 Å². The zero-order valence-corrected chi connectivity index (χ0v) is 11.8. The lowest BCUT2D eigenvalue weighted by Gasteiger charge is -2.17. The summed E-state index contributed by atoms with van der Waals surface area (Å²) in [6.45, 7) is 4.13. The van der Waals surface area contributed by atoms with E-state index in [0.29, 0.717) is 0 Å². The third kappa shape index (κ3) is 2.56. The number of benzene rings is 1. The van der Waals surface area contributed by atoms with Crippen LogP contribution in [0.5, 0.6) is 0 Å². The summed E-state index contributed by atoms with van der Waals surface area (Å²) in [5.41, 5.74) is 1.25. The quantitative estimate of drug-likeness (QED) is 0.781. The normalized spacial score (nSPS) is 12.9. The van der Waals surface area contributed by atoms with Crippen LogP contribution in [-0.2, 0) is 16.0 Å². The van der Waals surface area contributed by atoms with Gasteiger partial charge in [-0.15, -0.1) is 11.3 Å². The summed E-state index contributed by atoms with van der Waals surface area (Å²) in [5, 5.41) is 3.42. The third-order valence-corrected chi connectivity index (χ3v) is 4.32. The van der Waals surface area contributed by atoms with Crippen molar-refractivity contribution in [2.75, 3.05) is 7.11 Å². The molecule has 0 fully saturated rings. The van der Waals surface area contributed by atoms with E-state index >= 15 is 0 Å². The molecule has 0 N–H and O–H groups in total. The molecule has 0 saturated carbocycles. The van der Waals surface area contributed by atoms with Crippen LogP contribution in [0.2, 0.25) is 0 Å². The zero-order chi connectivity index (χ0) is 13.1. The largest absolute Gasteiger partial charge is 0.469 e. The number of thiophene rings is 1. The first kappa shape index (κ1) is 13.1. The van der Waals surface area contributed by atoms with Crippen molar-refractivity contribution in [2.24, 2.45) is 11.8 Å². The molecule has 2 rings (SSSR count). The van der Waals surface area contributed by atoms with Crippen LogP contribution in [0.4, 0.5) is 0 Å². The number of hydrogen-bond acceptors (Lipinski definition) is 3. The Labute approximate surface area is 112 Å². The van der Waals surface area contributed by atoms with Crippen molar-refractivity contribution in [3.8, 4) is 0 Å². The van der Waals surface area contributed by atoms with Crippen LogP contribution in [0.1, 0.15) is 19.4 Å². The van der Waals surface area contributed by atoms with Crippen molar-refractivity contribution in [3.63, 3.8) is 0 Å². The summed E-state index contributed by atoms with van der Waals surface area (Å²) in [7, 11) is 1.46. The molecule has 1 aromatic carbocycles. The van der Waals surface area contributed by atoms with Crippen LogP contribution in [0.3, 0.4) is 0 Å². The maximum absolute atomic E-state index is 11.8. The number of methoxy groups -OCH3 is 1. The van der Waals surface area contributed by atoms with Crippen molar-refractivity contribution < 1.29 is 9.53 Å². The molecular formula is C15H18O2S. The van der Waals surface area contributed by atoms with E-state index in [9.17, 15) is 4.79 Å². The van der Waals surface area contributed by atoms with Gasteiger partial charge < -0.3 is 4.74 Å². The summed E-state index contributed by atoms with van der Waals surface area (Å²) < 4.78 is 6.18. The van der Waals surface area contributed by atoms with Crippen LogP contribution in [0, 0.1) is 11.8 Å². The van der Waals surface area contributed by atoms with E-state index in [0.717, 1.165) is 6.42 Å². The number of carbonyl (C=O) groups is 1. The minimum Gasteiger partial charge on any atom is -0.469 e. The Balaban J connectivity index is 2.29. The molecule has 1 aromatic heterocycles. The Morgan fingerprint density at radius 1 is 1.33 bits per heavy atom. The van der Waals surface area contributed by atoms with E-state index in [1.807, 2.05) is 12.1 Å². The molecule has 0 amide bonds. The highest BCUT2D eigenvalue weighted by Crippen LogP contribution is 2.29. The van der Waals surface area contributed by atoms with Crippen molar-refractivity contribution in [1.82, 2.24) is 0 Å². The van der Waals surface area contributed by atoms with E-state index in [-0.39, 0.29) is 17.8 Å². The molecule has 2 nitrogen and oxygen atoms in total. The van der Waals surface area contributed by atoms with Crippen LogP contribution < -0.4 is 0 Å². The molecule has 3 heteroatoms. The maximum atomic E-state index is 11.8. The number of esters is 1. The van der Waals surface area contributed by atoms with Gasteiger partial charge in [0.15, 0.2) is 0 Å². The fourth-order valence-corrected chi connectivity index (χ4v) is 3.15. The summed E-state index contributed by atoms with van der Waals surface area (Å²) in [6, 6.07) is 8.33. The zero-order valence-electron chi connectivity index (χ0n) is 11.0. The molecule has 0 spiro atoms. The molecule has 0 aliphatic rings. The standard InChI is InChI=1S/C15H18O2S/c1-10(2)13(15(16)17-3)8-11-9-18-14-7-5-4-6-12(11)14/h4-7,9-10,13H,8H2,1-3H3. The predicted octanol–water partition coefficient (Wildman–Crippen LogP) is 3.89. The summed E-state index contributed by atoms with van der Waals surface area (Å²) in [5.74, 6) is 0.115. The summed E-state index contributed by atoms with van der Waals surface area (Å²) >= 11 is 1.73. The first-order chi connectivity index (χ1) is 8.63. The minimum atomic E-state index is -0.111. The Morgan fingerprint density at radius 3 is 2.72 bits per heavy atom. The van der Waals surface area contributed by atoms with E-state index in [1.54, 1.807) is 11.3 Å². The maximum Gasteiger partial charge on any atom is 0.309 e. The first-order valence-electron chi connectivity index (χ1n) is 6.16. The molecule has 0 radical (unpaired) electrons. The summed E-state index contributed by atoms with van der Waals surface area (Å²) in [4.78, 5) is 11.8. The highest BCUT2D eigenvalue weighted by Gasteiger charge is 2.24. The topological polar surface area (TPSA) is 26.3 Å². The molecule has 0 saturated heterocycles. The Kier molecular flexibility index (Phi) is 4.02. The predicted molar refractivity (Wildman–Crippen MR) is 75.9 cm³/mol. The van der Waals surface area contributed by atoms with Gasteiger partial charge in [0.1, 0.15) is 0 Å². The van der Waals surface area contributed by atoms with E-state index < -0.39 is 0 Å². The average Bonchev–Trinajstić information content (AvgIpc) is 2.78. The lowest BCUT2D eigenvalue weighted by Crippen LogP contribution is -2.23. The van der Waals surface area contributed by atoms with Gasteiger partial charge in [-0.2, -0.15) is 0 Å². The molecular weight excluding hydrogens is 244 g/mol. The number of carbonyl (C=O) groups excluding carboxylic acids is 1. The lowest BCUT2D eigenvalue weighted by molar-refractivity contribution is -0.146. The van der Waals surface area contributed by atoms with Gasteiger partial charge in [-0.1, -0.05) is 32.0 Å². The minimum absolute atomic E-state index is 0.0620. The lowest BCUT2D eigenvalue weighted by atomic mass is 9.89. The van der Waals surface area contributed by atoms with Gasteiger partial charge in [-0.3, -0.25) is 4.79 Å². The fraction of sp³-hybridized carbons (Fsp3) is 0.400. The molecule has 0 aliphatic carbocycles. The fourth-order valence-electron chi connectivity index (χ4n) is 2.17. The van der Waals surface area contributed by atoms with Gasteiger partial charge in [-0.05, 0) is 34.7 Å². The molecule has 1 heterocycles. The molecule has 0 bridgehead atoms. The van der Waals surface area contributed by atoms with Crippen molar-refractivity contribution in [2.45, 2.75) is 20.3 Å². The highest BCUT2D eigenvalue weighted by molar-refractivity contribution is 7.17. The second kappa shape index (κ2) is 5.53. The van der Waals surface area contributed by atoms with Gasteiger partial charge in [0.05, 0.1) is 13.0 Å². The highest BCUT2D eigenvalue weighted by atomic mass is 32.1. The third-order valence-electron chi connectivity index (χ3n) is 3.31. The molecule has 96 valence electrons. The average molecular weight is 262 g/mol. The van der Waals surface area contributed by atoms with Gasteiger partial charge in [0.25, 0.3) is 0 Å². The Bertz CT molecular complexity index is 542. The van der Waals surface area contributed by atoms with Gasteiger partial charge in [0.2, 0.25) is 0 Å². The Hall–Kier alpha value is -1.35. The van der Waals surface area contributed by atoms with Crippen molar-refractivity contribution >= 4 is 27.4 Å². The second-order valence-electron chi connectivity index (χ2n) is 4.83. The van der Waals surface area contributed by atoms with E-state index in [4.69, 9.17) is 4.74 Å². The molecule has 1 atom stereocenters. The molecule has 18 heavy (non-hydrogen) atoms. The summed E-state index contributed by atoms with van der Waals surface area (Å²) in [6.07, 6.45) is 0.758. The molecule has 0 aliphatic heterocycles. The number of ether oxygens (including phenoxy) is 1. The molecule has 2 aromatic rings. The van der Waals surface area contributed by atoms with E-state index in [1.165, 1.54) is 22.8 Å². The molecule has 1 unspecified atom stereocenters. The van der Waals surface area contributed by atoms with Crippen LogP contribution in [0.25, 0.3) is 10.1 Å². The number of fused-ring (bicyclic) bond motifs is 1. The number of rotatable bonds is 4. The number of hydrogen-bond donors (Lipinski definition) is 0. The first-order valence-corrected chi connectivity index (χ1v) is 7.04. The smallest absolute Gasteiger partial charge is 0.309 e. The van der Waals surface area contributed by atoms with Crippen molar-refractivity contribution in [1.29, 1.82) is 0 Å². The second-order valence-corrected chi connectivity index (χ2v) is 5.75. The monoisotopic (exact) mass is 262 g/mol. The van der Waals surface area contributed by atoms with Crippen LogP contribution >= 0.6 is 11.3 Å². The van der Waals surface area contributed by atoms with Gasteiger partial charge >= 0.3 is 5.97 Å². The SMILES string of the molecule is COC(=O)C(Cc1csc2ccccc12)C(C)C. The van der Waals surface area contributed by atoms with E-state index in [2.05, 4.69) is 31.4 Å². The van der Waals surface area contributed by atoms with Gasteiger partial charge in [0, 0.05) is 4.70 Å². The van der Waals surface area contributed by atoms with Gasteiger partial charge in [-0.25, -0.2) is 0 Å². The van der Waals surface area contributed by atoms with Crippen LogP contribution in [-0.4, -0.2) is 13.1 Å². The van der Waals surface area contributed by atoms with Crippen molar-refractivity contribution in [3.05, 3.63) is 35.2 Å². The Morgan fingerprint density at radius 2 is 2.06 bits per heavy atom.